The summed E-state index contributed by atoms with van der Waals surface area (Å²) >= 11 is 0. The number of hydrogen-bond acceptors (Lipinski definition) is 5. The molecule has 0 saturated heterocycles. The Bertz CT molecular complexity index is 858. The predicted molar refractivity (Wildman–Crippen MR) is 93.3 cm³/mol. The molecule has 2 N–H and O–H groups in total. The van der Waals surface area contributed by atoms with Crippen molar-refractivity contribution in [2.24, 2.45) is 0 Å². The van der Waals surface area contributed by atoms with Crippen LogP contribution in [-0.4, -0.2) is 21.9 Å². The number of amides is 1. The molecule has 0 aliphatic rings. The second kappa shape index (κ2) is 8.43. The molecule has 2 rings (SSSR count). The van der Waals surface area contributed by atoms with Crippen molar-refractivity contribution in [2.75, 3.05) is 0 Å². The van der Waals surface area contributed by atoms with Gasteiger partial charge in [-0.2, -0.15) is 0 Å². The van der Waals surface area contributed by atoms with E-state index in [9.17, 15) is 19.7 Å². The Morgan fingerprint density at radius 2 is 1.92 bits per heavy atom. The zero-order chi connectivity index (χ0) is 19.1. The lowest BCUT2D eigenvalue weighted by atomic mass is 10.1. The smallest absolute Gasteiger partial charge is 0.352 e. The minimum Gasteiger partial charge on any atom is -0.489 e. The minimum atomic E-state index is -1.25. The summed E-state index contributed by atoms with van der Waals surface area (Å²) in [5, 5.41) is 22.0. The van der Waals surface area contributed by atoms with Crippen LogP contribution in [0.3, 0.4) is 0 Å². The fraction of sp³-hybridized carbons (Fsp3) is 0.111. The highest BCUT2D eigenvalue weighted by Crippen LogP contribution is 2.18. The lowest BCUT2D eigenvalue weighted by Crippen LogP contribution is -2.24. The molecular formula is C18H16N2O6. The van der Waals surface area contributed by atoms with Crippen molar-refractivity contribution < 1.29 is 24.4 Å². The number of carbonyl (C=O) groups is 2. The third-order valence-electron chi connectivity index (χ3n) is 3.26. The van der Waals surface area contributed by atoms with Gasteiger partial charge in [0.15, 0.2) is 0 Å². The first-order valence-electron chi connectivity index (χ1n) is 7.54. The highest BCUT2D eigenvalue weighted by atomic mass is 16.6. The van der Waals surface area contributed by atoms with E-state index in [1.54, 1.807) is 36.4 Å². The molecule has 26 heavy (non-hydrogen) atoms. The van der Waals surface area contributed by atoms with E-state index in [0.29, 0.717) is 11.3 Å². The van der Waals surface area contributed by atoms with Crippen LogP contribution < -0.4 is 10.1 Å². The maximum Gasteiger partial charge on any atom is 0.352 e. The van der Waals surface area contributed by atoms with Crippen LogP contribution >= 0.6 is 0 Å². The van der Waals surface area contributed by atoms with Gasteiger partial charge in [-0.15, -0.1) is 0 Å². The molecule has 0 spiro atoms. The van der Waals surface area contributed by atoms with Gasteiger partial charge in [0.25, 0.3) is 5.69 Å². The molecule has 2 aromatic carbocycles. The van der Waals surface area contributed by atoms with Crippen molar-refractivity contribution in [3.8, 4) is 5.75 Å². The fourth-order valence-electron chi connectivity index (χ4n) is 2.08. The van der Waals surface area contributed by atoms with Crippen molar-refractivity contribution in [1.82, 2.24) is 5.32 Å². The molecule has 0 atom stereocenters. The number of carboxylic acid groups (broad SMARTS) is 1. The molecule has 0 aliphatic heterocycles. The number of nitrogens with zero attached hydrogens (tertiary/aromatic N) is 1. The number of aliphatic carboxylic acids is 1. The van der Waals surface area contributed by atoms with E-state index in [1.165, 1.54) is 25.1 Å². The standard InChI is InChI=1S/C18H16N2O6/c1-12(21)19-17(18(22)23)10-14-3-2-4-16(9-14)26-11-13-5-7-15(8-6-13)20(24)25/h2-10H,11H2,1H3,(H,19,21)(H,22,23). The van der Waals surface area contributed by atoms with Crippen LogP contribution in [0.2, 0.25) is 0 Å². The molecule has 0 aliphatic carbocycles. The third kappa shape index (κ3) is 5.45. The summed E-state index contributed by atoms with van der Waals surface area (Å²) in [5.41, 5.74) is 1.04. The SMILES string of the molecule is CC(=O)NC(=Cc1cccc(OCc2ccc([N+](=O)[O-])cc2)c1)C(=O)O. The number of non-ortho nitro benzene ring substituents is 1. The van der Waals surface area contributed by atoms with Gasteiger partial charge >= 0.3 is 5.97 Å². The Kier molecular flexibility index (Phi) is 6.05. The monoisotopic (exact) mass is 356 g/mol. The van der Waals surface area contributed by atoms with Gasteiger partial charge < -0.3 is 15.2 Å². The molecule has 0 bridgehead atoms. The molecule has 0 heterocycles. The van der Waals surface area contributed by atoms with Crippen molar-refractivity contribution in [3.05, 3.63) is 75.5 Å². The average molecular weight is 356 g/mol. The molecule has 0 radical (unpaired) electrons. The van der Waals surface area contributed by atoms with Crippen LogP contribution in [0.15, 0.2) is 54.2 Å². The second-order valence-electron chi connectivity index (χ2n) is 5.33. The third-order valence-corrected chi connectivity index (χ3v) is 3.26. The highest BCUT2D eigenvalue weighted by Gasteiger charge is 2.09. The van der Waals surface area contributed by atoms with Gasteiger partial charge in [0.05, 0.1) is 4.92 Å². The molecule has 0 saturated carbocycles. The van der Waals surface area contributed by atoms with Gasteiger partial charge in [0.1, 0.15) is 18.1 Å². The maximum absolute atomic E-state index is 11.1. The van der Waals surface area contributed by atoms with E-state index in [1.807, 2.05) is 0 Å². The van der Waals surface area contributed by atoms with Gasteiger partial charge in [0.2, 0.25) is 5.91 Å². The lowest BCUT2D eigenvalue weighted by molar-refractivity contribution is -0.384. The Morgan fingerprint density at radius 3 is 2.50 bits per heavy atom. The maximum atomic E-state index is 11.1. The van der Waals surface area contributed by atoms with Crippen molar-refractivity contribution in [3.63, 3.8) is 0 Å². The normalized spacial score (nSPS) is 10.9. The van der Waals surface area contributed by atoms with E-state index >= 15 is 0 Å². The van der Waals surface area contributed by atoms with Crippen LogP contribution in [0, 0.1) is 10.1 Å². The number of nitro benzene ring substituents is 1. The molecule has 8 heteroatoms. The summed E-state index contributed by atoms with van der Waals surface area (Å²) in [5.74, 6) is -1.24. The lowest BCUT2D eigenvalue weighted by Gasteiger charge is -2.08. The molecule has 0 fully saturated rings. The molecular weight excluding hydrogens is 340 g/mol. The van der Waals surface area contributed by atoms with Crippen LogP contribution in [-0.2, 0) is 16.2 Å². The molecule has 0 aromatic heterocycles. The van der Waals surface area contributed by atoms with Crippen LogP contribution in [0.4, 0.5) is 5.69 Å². The molecule has 0 unspecified atom stereocenters. The van der Waals surface area contributed by atoms with Crippen LogP contribution in [0.5, 0.6) is 5.75 Å². The first-order chi connectivity index (χ1) is 12.3. The summed E-state index contributed by atoms with van der Waals surface area (Å²) in [6, 6.07) is 12.7. The summed E-state index contributed by atoms with van der Waals surface area (Å²) in [6.07, 6.45) is 1.32. The Hall–Kier alpha value is -3.68. The summed E-state index contributed by atoms with van der Waals surface area (Å²) < 4.78 is 5.62. The molecule has 8 nitrogen and oxygen atoms in total. The Labute approximate surface area is 148 Å². The highest BCUT2D eigenvalue weighted by molar-refractivity contribution is 5.96. The van der Waals surface area contributed by atoms with E-state index in [2.05, 4.69) is 5.32 Å². The van der Waals surface area contributed by atoms with Crippen LogP contribution in [0.1, 0.15) is 18.1 Å². The zero-order valence-corrected chi connectivity index (χ0v) is 13.8. The molecule has 134 valence electrons. The van der Waals surface area contributed by atoms with E-state index in [0.717, 1.165) is 5.56 Å². The topological polar surface area (TPSA) is 119 Å². The molecule has 1 amide bonds. The fourth-order valence-corrected chi connectivity index (χ4v) is 2.08. The first-order valence-corrected chi connectivity index (χ1v) is 7.54. The number of hydrogen-bond donors (Lipinski definition) is 2. The summed E-state index contributed by atoms with van der Waals surface area (Å²) in [6.45, 7) is 1.42. The van der Waals surface area contributed by atoms with Crippen molar-refractivity contribution in [1.29, 1.82) is 0 Å². The number of carboxylic acids is 1. The molecule has 2 aromatic rings. The van der Waals surface area contributed by atoms with E-state index < -0.39 is 16.8 Å². The number of benzene rings is 2. The first kappa shape index (κ1) is 18.7. The van der Waals surface area contributed by atoms with Gasteiger partial charge in [0, 0.05) is 19.1 Å². The van der Waals surface area contributed by atoms with Gasteiger partial charge in [-0.1, -0.05) is 12.1 Å². The van der Waals surface area contributed by atoms with Crippen LogP contribution in [0.25, 0.3) is 6.08 Å². The number of ether oxygens (including phenoxy) is 1. The quantitative estimate of drug-likeness (QED) is 0.447. The van der Waals surface area contributed by atoms with Gasteiger partial charge in [-0.3, -0.25) is 14.9 Å². The van der Waals surface area contributed by atoms with Crippen molar-refractivity contribution >= 4 is 23.6 Å². The Morgan fingerprint density at radius 1 is 1.23 bits per heavy atom. The summed E-state index contributed by atoms with van der Waals surface area (Å²) in [7, 11) is 0. The number of rotatable bonds is 7. The zero-order valence-electron chi connectivity index (χ0n) is 13.8. The van der Waals surface area contributed by atoms with Gasteiger partial charge in [-0.25, -0.2) is 4.79 Å². The van der Waals surface area contributed by atoms with Gasteiger partial charge in [-0.05, 0) is 41.5 Å². The number of nitrogens with one attached hydrogen (secondary N) is 1. The van der Waals surface area contributed by atoms with E-state index in [4.69, 9.17) is 9.84 Å². The van der Waals surface area contributed by atoms with Crippen molar-refractivity contribution in [2.45, 2.75) is 13.5 Å². The van der Waals surface area contributed by atoms with E-state index in [-0.39, 0.29) is 18.0 Å². The minimum absolute atomic E-state index is 0.0000518. The second-order valence-corrected chi connectivity index (χ2v) is 5.33. The largest absolute Gasteiger partial charge is 0.489 e. The predicted octanol–water partition coefficient (Wildman–Crippen LogP) is 2.74. The summed E-state index contributed by atoms with van der Waals surface area (Å²) in [4.78, 5) is 32.4. The average Bonchev–Trinajstić information content (AvgIpc) is 2.59. The number of nitro groups is 1. The Balaban J connectivity index is 2.09. The number of carbonyl (C=O) groups excluding carboxylic acids is 1.